The highest BCUT2D eigenvalue weighted by molar-refractivity contribution is 9.10. The third-order valence-corrected chi connectivity index (χ3v) is 3.25. The van der Waals surface area contributed by atoms with Crippen LogP contribution in [0.1, 0.15) is 19.8 Å². The van der Waals surface area contributed by atoms with E-state index < -0.39 is 0 Å². The third-order valence-electron chi connectivity index (χ3n) is 2.76. The molecular weight excluding hydrogens is 308 g/mol. The Morgan fingerprint density at radius 1 is 1.47 bits per heavy atom. The Morgan fingerprint density at radius 2 is 2.21 bits per heavy atom. The summed E-state index contributed by atoms with van der Waals surface area (Å²) in [7, 11) is 1.95. The molecule has 0 aromatic heterocycles. The van der Waals surface area contributed by atoms with Crippen molar-refractivity contribution >= 4 is 27.5 Å². The fourth-order valence-corrected chi connectivity index (χ4v) is 2.00. The van der Waals surface area contributed by atoms with Crippen molar-refractivity contribution in [3.63, 3.8) is 0 Å². The molecule has 1 rings (SSSR count). The fraction of sp³-hybridized carbons (Fsp3) is 0.500. The lowest BCUT2D eigenvalue weighted by Crippen LogP contribution is -2.26. The molecule has 0 aliphatic heterocycles. The second-order valence-corrected chi connectivity index (χ2v) is 5.67. The fourth-order valence-electron chi connectivity index (χ4n) is 1.60. The van der Waals surface area contributed by atoms with Gasteiger partial charge in [-0.1, -0.05) is 22.0 Å². The van der Waals surface area contributed by atoms with Crippen molar-refractivity contribution in [2.75, 3.05) is 25.5 Å². The van der Waals surface area contributed by atoms with E-state index in [2.05, 4.69) is 21.2 Å². The normalized spacial score (nSPS) is 12.5. The van der Waals surface area contributed by atoms with Crippen LogP contribution in [-0.4, -0.2) is 42.2 Å². The van der Waals surface area contributed by atoms with Crippen LogP contribution in [0.2, 0.25) is 0 Å². The second-order valence-electron chi connectivity index (χ2n) is 4.75. The van der Waals surface area contributed by atoms with E-state index in [1.165, 1.54) is 0 Å². The van der Waals surface area contributed by atoms with Crippen molar-refractivity contribution in [3.05, 3.63) is 28.7 Å². The first-order chi connectivity index (χ1) is 8.97. The standard InChI is InChI=1S/C14H21BrN2O2/c1-11(18)6-8-17(2)9-7-14(19)16-13-5-3-4-12(15)10-13/h3-5,10-11,18H,6-9H2,1-2H3,(H,16,19). The zero-order valence-electron chi connectivity index (χ0n) is 11.4. The van der Waals surface area contributed by atoms with E-state index in [0.717, 1.165) is 23.1 Å². The number of hydrogen-bond donors (Lipinski definition) is 2. The predicted molar refractivity (Wildman–Crippen MR) is 81.2 cm³/mol. The van der Waals surface area contributed by atoms with Gasteiger partial charge in [0.1, 0.15) is 0 Å². The first-order valence-corrected chi connectivity index (χ1v) is 7.18. The molecule has 5 heteroatoms. The largest absolute Gasteiger partial charge is 0.393 e. The molecule has 1 atom stereocenters. The molecule has 1 amide bonds. The van der Waals surface area contributed by atoms with Gasteiger partial charge in [-0.15, -0.1) is 0 Å². The van der Waals surface area contributed by atoms with Crippen molar-refractivity contribution in [1.82, 2.24) is 4.90 Å². The average Bonchev–Trinajstić information content (AvgIpc) is 2.34. The lowest BCUT2D eigenvalue weighted by molar-refractivity contribution is -0.116. The van der Waals surface area contributed by atoms with Crippen LogP contribution < -0.4 is 5.32 Å². The Balaban J connectivity index is 2.28. The minimum atomic E-state index is -0.294. The monoisotopic (exact) mass is 328 g/mol. The zero-order valence-corrected chi connectivity index (χ0v) is 13.0. The van der Waals surface area contributed by atoms with Crippen molar-refractivity contribution in [1.29, 1.82) is 0 Å². The number of halogens is 1. The molecule has 1 unspecified atom stereocenters. The molecule has 0 heterocycles. The van der Waals surface area contributed by atoms with E-state index in [1.807, 2.05) is 36.2 Å². The summed E-state index contributed by atoms with van der Waals surface area (Å²) in [4.78, 5) is 13.8. The van der Waals surface area contributed by atoms with Crippen LogP contribution >= 0.6 is 15.9 Å². The van der Waals surface area contributed by atoms with E-state index in [-0.39, 0.29) is 12.0 Å². The van der Waals surface area contributed by atoms with Crippen molar-refractivity contribution in [2.45, 2.75) is 25.9 Å². The first-order valence-electron chi connectivity index (χ1n) is 6.39. The number of anilines is 1. The molecule has 19 heavy (non-hydrogen) atoms. The Labute approximate surface area is 122 Å². The van der Waals surface area contributed by atoms with Crippen molar-refractivity contribution in [2.24, 2.45) is 0 Å². The van der Waals surface area contributed by atoms with Crippen LogP contribution in [0.15, 0.2) is 28.7 Å². The van der Waals surface area contributed by atoms with Gasteiger partial charge in [0.15, 0.2) is 0 Å². The average molecular weight is 329 g/mol. The highest BCUT2D eigenvalue weighted by atomic mass is 79.9. The number of aliphatic hydroxyl groups is 1. The summed E-state index contributed by atoms with van der Waals surface area (Å²) in [6.07, 6.45) is 0.880. The highest BCUT2D eigenvalue weighted by Crippen LogP contribution is 2.15. The molecule has 2 N–H and O–H groups in total. The van der Waals surface area contributed by atoms with E-state index in [9.17, 15) is 9.90 Å². The summed E-state index contributed by atoms with van der Waals surface area (Å²) in [5, 5.41) is 12.0. The lowest BCUT2D eigenvalue weighted by atomic mass is 10.2. The second kappa shape index (κ2) is 8.30. The summed E-state index contributed by atoms with van der Waals surface area (Å²) in [5.41, 5.74) is 0.797. The van der Waals surface area contributed by atoms with Gasteiger partial charge in [0, 0.05) is 29.7 Å². The molecule has 4 nitrogen and oxygen atoms in total. The minimum Gasteiger partial charge on any atom is -0.393 e. The minimum absolute atomic E-state index is 0.00185. The first kappa shape index (κ1) is 16.1. The molecule has 0 aliphatic carbocycles. The predicted octanol–water partition coefficient (Wildman–Crippen LogP) is 2.48. The van der Waals surface area contributed by atoms with Gasteiger partial charge < -0.3 is 15.3 Å². The van der Waals surface area contributed by atoms with Gasteiger partial charge in [-0.25, -0.2) is 0 Å². The molecule has 0 saturated carbocycles. The van der Waals surface area contributed by atoms with Crippen LogP contribution in [-0.2, 0) is 4.79 Å². The van der Waals surface area contributed by atoms with Crippen molar-refractivity contribution in [3.8, 4) is 0 Å². The third kappa shape index (κ3) is 7.30. The molecule has 1 aromatic carbocycles. The molecule has 0 bridgehead atoms. The quantitative estimate of drug-likeness (QED) is 0.808. The van der Waals surface area contributed by atoms with E-state index in [4.69, 9.17) is 0 Å². The number of hydrogen-bond acceptors (Lipinski definition) is 3. The molecule has 1 aromatic rings. The summed E-state index contributed by atoms with van der Waals surface area (Å²) >= 11 is 3.37. The van der Waals surface area contributed by atoms with Gasteiger partial charge in [-0.05, 0) is 38.6 Å². The van der Waals surface area contributed by atoms with Gasteiger partial charge in [0.2, 0.25) is 5.91 Å². The topological polar surface area (TPSA) is 52.6 Å². The molecule has 106 valence electrons. The number of rotatable bonds is 7. The Bertz CT molecular complexity index is 410. The summed E-state index contributed by atoms with van der Waals surface area (Å²) in [6.45, 7) is 3.25. The number of nitrogens with one attached hydrogen (secondary N) is 1. The van der Waals surface area contributed by atoms with Gasteiger partial charge >= 0.3 is 0 Å². The van der Waals surface area contributed by atoms with Crippen LogP contribution in [0.5, 0.6) is 0 Å². The van der Waals surface area contributed by atoms with Gasteiger partial charge in [0.25, 0.3) is 0 Å². The van der Waals surface area contributed by atoms with Crippen LogP contribution in [0, 0.1) is 0 Å². The Hall–Kier alpha value is -0.910. The maximum absolute atomic E-state index is 11.8. The molecule has 0 spiro atoms. The van der Waals surface area contributed by atoms with Crippen LogP contribution in [0.25, 0.3) is 0 Å². The Kier molecular flexibility index (Phi) is 7.05. The molecule has 0 aliphatic rings. The SMILES string of the molecule is CC(O)CCN(C)CCC(=O)Nc1cccc(Br)c1. The van der Waals surface area contributed by atoms with Gasteiger partial charge in [-0.2, -0.15) is 0 Å². The lowest BCUT2D eigenvalue weighted by Gasteiger charge is -2.17. The number of carbonyl (C=O) groups is 1. The van der Waals surface area contributed by atoms with E-state index >= 15 is 0 Å². The summed E-state index contributed by atoms with van der Waals surface area (Å²) in [5.74, 6) is 0.00185. The van der Waals surface area contributed by atoms with Crippen molar-refractivity contribution < 1.29 is 9.90 Å². The molecule has 0 fully saturated rings. The Morgan fingerprint density at radius 3 is 2.84 bits per heavy atom. The number of carbonyl (C=O) groups excluding carboxylic acids is 1. The number of benzene rings is 1. The number of aliphatic hydroxyl groups excluding tert-OH is 1. The smallest absolute Gasteiger partial charge is 0.225 e. The summed E-state index contributed by atoms with van der Waals surface area (Å²) < 4.78 is 0.944. The van der Waals surface area contributed by atoms with Crippen LogP contribution in [0.4, 0.5) is 5.69 Å². The van der Waals surface area contributed by atoms with Gasteiger partial charge in [0.05, 0.1) is 6.10 Å². The number of nitrogens with zero attached hydrogens (tertiary/aromatic N) is 1. The highest BCUT2D eigenvalue weighted by Gasteiger charge is 2.06. The molecule has 0 radical (unpaired) electrons. The maximum Gasteiger partial charge on any atom is 0.225 e. The van der Waals surface area contributed by atoms with Crippen LogP contribution in [0.3, 0.4) is 0 Å². The summed E-state index contributed by atoms with van der Waals surface area (Å²) in [6, 6.07) is 7.53. The van der Waals surface area contributed by atoms with E-state index in [1.54, 1.807) is 6.92 Å². The molecule has 0 saturated heterocycles. The number of amides is 1. The molecular formula is C14H21BrN2O2. The zero-order chi connectivity index (χ0) is 14.3. The van der Waals surface area contributed by atoms with E-state index in [0.29, 0.717) is 13.0 Å². The maximum atomic E-state index is 11.8. The van der Waals surface area contributed by atoms with Gasteiger partial charge in [-0.3, -0.25) is 4.79 Å².